The molecular weight excluding hydrogens is 162 g/mol. The molecule has 0 aliphatic heterocycles. The number of aromatic nitrogens is 1. The van der Waals surface area contributed by atoms with Crippen molar-refractivity contribution in [2.75, 3.05) is 0 Å². The highest BCUT2D eigenvalue weighted by Crippen LogP contribution is 2.06. The Labute approximate surface area is 70.8 Å². The van der Waals surface area contributed by atoms with E-state index in [0.717, 1.165) is 5.69 Å². The minimum atomic E-state index is -0.360. The molecule has 0 aromatic carbocycles. The highest BCUT2D eigenvalue weighted by Gasteiger charge is 1.99. The van der Waals surface area contributed by atoms with Gasteiger partial charge in [0.1, 0.15) is 5.15 Å². The average molecular weight is 172 g/mol. The first kappa shape index (κ1) is 8.50. The summed E-state index contributed by atoms with van der Waals surface area (Å²) >= 11 is 5.64. The van der Waals surface area contributed by atoms with Crippen LogP contribution in [-0.4, -0.2) is 16.2 Å². The number of aliphatic hydroxyl groups excluding tert-OH is 1. The number of pyridine rings is 1. The predicted octanol–water partition coefficient (Wildman–Crippen LogP) is 1.66. The van der Waals surface area contributed by atoms with Crippen LogP contribution < -0.4 is 0 Å². The zero-order valence-corrected chi connectivity index (χ0v) is 7.04. The van der Waals surface area contributed by atoms with Crippen LogP contribution in [0.25, 0.3) is 0 Å². The molecule has 1 rings (SSSR count). The highest BCUT2D eigenvalue weighted by atomic mass is 35.5. The van der Waals surface area contributed by atoms with Crippen LogP contribution in [0.2, 0.25) is 5.15 Å². The Morgan fingerprint density at radius 2 is 2.36 bits per heavy atom. The zero-order chi connectivity index (χ0) is 8.27. The normalized spacial score (nSPS) is 13.0. The lowest BCUT2D eigenvalue weighted by molar-refractivity contribution is 0.194. The molecule has 0 amide bonds. The van der Waals surface area contributed by atoms with Crippen LogP contribution in [-0.2, 0) is 6.42 Å². The fourth-order valence-corrected chi connectivity index (χ4v) is 1.05. The van der Waals surface area contributed by atoms with E-state index in [1.165, 1.54) is 0 Å². The molecule has 0 bridgehead atoms. The van der Waals surface area contributed by atoms with E-state index >= 15 is 0 Å². The SMILES string of the molecule is C[C@H](O)Cc1cccc(Cl)n1. The van der Waals surface area contributed by atoms with Gasteiger partial charge in [0, 0.05) is 12.1 Å². The van der Waals surface area contributed by atoms with Gasteiger partial charge in [-0.25, -0.2) is 4.98 Å². The highest BCUT2D eigenvalue weighted by molar-refractivity contribution is 6.29. The molecule has 0 unspecified atom stereocenters. The molecule has 60 valence electrons. The van der Waals surface area contributed by atoms with Gasteiger partial charge in [-0.05, 0) is 19.1 Å². The third kappa shape index (κ3) is 2.87. The third-order valence-electron chi connectivity index (χ3n) is 1.28. The Bertz CT molecular complexity index is 237. The van der Waals surface area contributed by atoms with Crippen molar-refractivity contribution < 1.29 is 5.11 Å². The van der Waals surface area contributed by atoms with Crippen molar-refractivity contribution in [2.24, 2.45) is 0 Å². The van der Waals surface area contributed by atoms with E-state index in [4.69, 9.17) is 16.7 Å². The standard InChI is InChI=1S/C8H10ClNO/c1-6(11)5-7-3-2-4-8(9)10-7/h2-4,6,11H,5H2,1H3/t6-/m0/s1. The van der Waals surface area contributed by atoms with Crippen molar-refractivity contribution in [3.05, 3.63) is 29.0 Å². The minimum absolute atomic E-state index is 0.360. The van der Waals surface area contributed by atoms with Crippen molar-refractivity contribution in [3.8, 4) is 0 Å². The molecule has 0 spiro atoms. The topological polar surface area (TPSA) is 33.1 Å². The second-order valence-electron chi connectivity index (χ2n) is 2.50. The van der Waals surface area contributed by atoms with Gasteiger partial charge in [0.25, 0.3) is 0 Å². The number of hydrogen-bond acceptors (Lipinski definition) is 2. The molecule has 1 atom stereocenters. The molecule has 0 saturated carbocycles. The number of halogens is 1. The van der Waals surface area contributed by atoms with Crippen LogP contribution >= 0.6 is 11.6 Å². The van der Waals surface area contributed by atoms with Crippen molar-refractivity contribution >= 4 is 11.6 Å². The smallest absolute Gasteiger partial charge is 0.129 e. The van der Waals surface area contributed by atoms with E-state index in [1.54, 1.807) is 13.0 Å². The summed E-state index contributed by atoms with van der Waals surface area (Å²) in [7, 11) is 0. The summed E-state index contributed by atoms with van der Waals surface area (Å²) in [6.45, 7) is 1.72. The van der Waals surface area contributed by atoms with Crippen LogP contribution in [0.15, 0.2) is 18.2 Å². The van der Waals surface area contributed by atoms with Crippen LogP contribution in [0.4, 0.5) is 0 Å². The predicted molar refractivity (Wildman–Crippen MR) is 44.6 cm³/mol. The summed E-state index contributed by atoms with van der Waals surface area (Å²) < 4.78 is 0. The van der Waals surface area contributed by atoms with Gasteiger partial charge in [-0.15, -0.1) is 0 Å². The second kappa shape index (κ2) is 3.69. The van der Waals surface area contributed by atoms with Gasteiger partial charge in [0.05, 0.1) is 6.10 Å². The van der Waals surface area contributed by atoms with Crippen LogP contribution in [0, 0.1) is 0 Å². The molecule has 3 heteroatoms. The molecule has 1 N–H and O–H groups in total. The molecule has 11 heavy (non-hydrogen) atoms. The van der Waals surface area contributed by atoms with Gasteiger partial charge in [-0.1, -0.05) is 17.7 Å². The number of rotatable bonds is 2. The second-order valence-corrected chi connectivity index (χ2v) is 2.89. The van der Waals surface area contributed by atoms with Crippen molar-refractivity contribution in [2.45, 2.75) is 19.4 Å². The maximum atomic E-state index is 9.01. The Balaban J connectivity index is 2.71. The van der Waals surface area contributed by atoms with Gasteiger partial charge >= 0.3 is 0 Å². The fourth-order valence-electron chi connectivity index (χ4n) is 0.867. The van der Waals surface area contributed by atoms with Crippen LogP contribution in [0.3, 0.4) is 0 Å². The van der Waals surface area contributed by atoms with Gasteiger partial charge in [-0.3, -0.25) is 0 Å². The van der Waals surface area contributed by atoms with E-state index in [9.17, 15) is 0 Å². The molecule has 0 radical (unpaired) electrons. The van der Waals surface area contributed by atoms with E-state index in [-0.39, 0.29) is 6.10 Å². The Hall–Kier alpha value is -0.600. The first-order valence-corrected chi connectivity index (χ1v) is 3.86. The lowest BCUT2D eigenvalue weighted by Gasteiger charge is -2.02. The van der Waals surface area contributed by atoms with Crippen LogP contribution in [0.1, 0.15) is 12.6 Å². The Morgan fingerprint density at radius 3 is 2.91 bits per heavy atom. The zero-order valence-electron chi connectivity index (χ0n) is 6.29. The molecule has 0 aliphatic carbocycles. The third-order valence-corrected chi connectivity index (χ3v) is 1.49. The summed E-state index contributed by atoms with van der Waals surface area (Å²) in [6, 6.07) is 5.39. The summed E-state index contributed by atoms with van der Waals surface area (Å²) in [5.74, 6) is 0. The number of aliphatic hydroxyl groups is 1. The molecule has 2 nitrogen and oxygen atoms in total. The fraction of sp³-hybridized carbons (Fsp3) is 0.375. The summed E-state index contributed by atoms with van der Waals surface area (Å²) in [6.07, 6.45) is 0.196. The lowest BCUT2D eigenvalue weighted by atomic mass is 10.2. The summed E-state index contributed by atoms with van der Waals surface area (Å²) in [5.41, 5.74) is 0.826. The maximum absolute atomic E-state index is 9.01. The number of nitrogens with zero attached hydrogens (tertiary/aromatic N) is 1. The maximum Gasteiger partial charge on any atom is 0.129 e. The molecule has 0 saturated heterocycles. The molecule has 0 aliphatic rings. The van der Waals surface area contributed by atoms with E-state index < -0.39 is 0 Å². The first-order valence-electron chi connectivity index (χ1n) is 3.48. The lowest BCUT2D eigenvalue weighted by Crippen LogP contribution is -2.05. The van der Waals surface area contributed by atoms with Crippen LogP contribution in [0.5, 0.6) is 0 Å². The summed E-state index contributed by atoms with van der Waals surface area (Å²) in [5, 5.41) is 9.49. The van der Waals surface area contributed by atoms with Gasteiger partial charge in [0.15, 0.2) is 0 Å². The molecular formula is C8H10ClNO. The van der Waals surface area contributed by atoms with Crippen molar-refractivity contribution in [1.82, 2.24) is 4.98 Å². The first-order chi connectivity index (χ1) is 5.18. The largest absolute Gasteiger partial charge is 0.393 e. The van der Waals surface area contributed by atoms with Gasteiger partial charge in [0.2, 0.25) is 0 Å². The van der Waals surface area contributed by atoms with Crippen molar-refractivity contribution in [3.63, 3.8) is 0 Å². The Kier molecular flexibility index (Phi) is 2.85. The number of hydrogen-bond donors (Lipinski definition) is 1. The minimum Gasteiger partial charge on any atom is -0.393 e. The van der Waals surface area contributed by atoms with Crippen molar-refractivity contribution in [1.29, 1.82) is 0 Å². The molecule has 1 aromatic heterocycles. The van der Waals surface area contributed by atoms with E-state index in [0.29, 0.717) is 11.6 Å². The molecule has 1 aromatic rings. The molecule has 1 heterocycles. The van der Waals surface area contributed by atoms with Gasteiger partial charge in [-0.2, -0.15) is 0 Å². The monoisotopic (exact) mass is 171 g/mol. The average Bonchev–Trinajstić information content (AvgIpc) is 1.85. The Morgan fingerprint density at radius 1 is 1.64 bits per heavy atom. The summed E-state index contributed by atoms with van der Waals surface area (Å²) in [4.78, 5) is 4.02. The van der Waals surface area contributed by atoms with E-state index in [2.05, 4.69) is 4.98 Å². The quantitative estimate of drug-likeness (QED) is 0.687. The molecule has 0 fully saturated rings. The van der Waals surface area contributed by atoms with Gasteiger partial charge < -0.3 is 5.11 Å². The van der Waals surface area contributed by atoms with E-state index in [1.807, 2.05) is 12.1 Å².